The van der Waals surface area contributed by atoms with Crippen molar-refractivity contribution in [2.45, 2.75) is 84.4 Å². The van der Waals surface area contributed by atoms with Crippen LogP contribution in [0.3, 0.4) is 0 Å². The van der Waals surface area contributed by atoms with Gasteiger partial charge in [-0.2, -0.15) is 0 Å². The largest absolute Gasteiger partial charge is 0.390 e. The summed E-state index contributed by atoms with van der Waals surface area (Å²) in [6.45, 7) is 8.55. The minimum absolute atomic E-state index is 0.131. The number of aliphatic hydroxyl groups excluding tert-OH is 1. The maximum atomic E-state index is 13.9. The van der Waals surface area contributed by atoms with E-state index in [0.717, 1.165) is 36.5 Å². The molecule has 0 heterocycles. The van der Waals surface area contributed by atoms with Gasteiger partial charge in [-0.1, -0.05) is 45.0 Å². The molecule has 0 aromatic heterocycles. The third-order valence-corrected chi connectivity index (χ3v) is 7.98. The molecule has 0 aliphatic heterocycles. The fourth-order valence-electron chi connectivity index (χ4n) is 5.59. The lowest BCUT2D eigenvalue weighted by atomic mass is 9.98. The lowest BCUT2D eigenvalue weighted by Crippen LogP contribution is -2.47. The maximum Gasteiger partial charge on any atom is 0.253 e. The summed E-state index contributed by atoms with van der Waals surface area (Å²) < 4.78 is 27.8. The molecule has 3 aromatic carbocycles. The molecule has 5 N–H and O–H groups in total. The molecule has 2 atom stereocenters. The number of benzene rings is 3. The minimum Gasteiger partial charge on any atom is -0.390 e. The predicted molar refractivity (Wildman–Crippen MR) is 180 cm³/mol. The summed E-state index contributed by atoms with van der Waals surface area (Å²) in [6, 6.07) is 16.0. The zero-order valence-electron chi connectivity index (χ0n) is 27.5. The topological polar surface area (TPSA) is 108 Å². The molecule has 0 radical (unpaired) electrons. The lowest BCUT2D eigenvalue weighted by molar-refractivity contribution is 0.0755. The second-order valence-electron chi connectivity index (χ2n) is 11.9. The number of amides is 2. The number of nitrogens with zero attached hydrogens (tertiary/aromatic N) is 1. The second kappa shape index (κ2) is 19.1. The van der Waals surface area contributed by atoms with Crippen LogP contribution in [-0.2, 0) is 25.8 Å². The average Bonchev–Trinajstić information content (AvgIpc) is 3.04. The second-order valence-corrected chi connectivity index (χ2v) is 11.9. The maximum absolute atomic E-state index is 13.9. The number of hydrogen-bond donors (Lipinski definition) is 4. The van der Waals surface area contributed by atoms with E-state index < -0.39 is 29.7 Å². The molecule has 3 rings (SSSR count). The number of carbonyl (C=O) groups is 2. The van der Waals surface area contributed by atoms with E-state index >= 15 is 0 Å². The van der Waals surface area contributed by atoms with Crippen molar-refractivity contribution in [3.8, 4) is 0 Å². The van der Waals surface area contributed by atoms with Crippen LogP contribution in [0.25, 0.3) is 0 Å². The highest BCUT2D eigenvalue weighted by atomic mass is 19.1. The van der Waals surface area contributed by atoms with Crippen molar-refractivity contribution >= 4 is 11.8 Å². The monoisotopic (exact) mass is 636 g/mol. The van der Waals surface area contributed by atoms with Crippen LogP contribution in [0.2, 0.25) is 0 Å². The van der Waals surface area contributed by atoms with E-state index in [1.54, 1.807) is 17.0 Å². The predicted octanol–water partition coefficient (Wildman–Crippen LogP) is 5.56. The van der Waals surface area contributed by atoms with Crippen molar-refractivity contribution in [1.82, 2.24) is 15.5 Å². The molecule has 2 amide bonds. The van der Waals surface area contributed by atoms with Gasteiger partial charge in [-0.05, 0) is 104 Å². The van der Waals surface area contributed by atoms with E-state index in [0.29, 0.717) is 55.7 Å². The van der Waals surface area contributed by atoms with Gasteiger partial charge in [0.15, 0.2) is 0 Å². The first-order valence-electron chi connectivity index (χ1n) is 16.5. The number of nitrogens with two attached hydrogens (primary N) is 1. The molecule has 0 fully saturated rings. The van der Waals surface area contributed by atoms with Crippen LogP contribution in [0.15, 0.2) is 60.7 Å². The third kappa shape index (κ3) is 11.6. The Morgan fingerprint density at radius 2 is 1.50 bits per heavy atom. The molecular weight excluding hydrogens is 586 g/mol. The first-order chi connectivity index (χ1) is 22.2. The Kier molecular flexibility index (Phi) is 15.3. The van der Waals surface area contributed by atoms with Gasteiger partial charge in [0.05, 0.1) is 12.1 Å². The normalized spacial score (nSPS) is 12.5. The molecule has 7 nitrogen and oxygen atoms in total. The first kappa shape index (κ1) is 36.8. The zero-order chi connectivity index (χ0) is 33.5. The Balaban J connectivity index is 1.84. The Morgan fingerprint density at radius 3 is 2.15 bits per heavy atom. The summed E-state index contributed by atoms with van der Waals surface area (Å²) in [5, 5.41) is 17.5. The molecule has 0 spiro atoms. The Bertz CT molecular complexity index is 1390. The number of carbonyl (C=O) groups excluding carboxylic acids is 2. The van der Waals surface area contributed by atoms with Gasteiger partial charge in [0.1, 0.15) is 11.6 Å². The van der Waals surface area contributed by atoms with Gasteiger partial charge in [-0.15, -0.1) is 0 Å². The van der Waals surface area contributed by atoms with E-state index in [-0.39, 0.29) is 25.3 Å². The molecule has 0 saturated carbocycles. The molecule has 0 saturated heterocycles. The quantitative estimate of drug-likeness (QED) is 0.138. The molecule has 46 heavy (non-hydrogen) atoms. The van der Waals surface area contributed by atoms with Gasteiger partial charge in [0.2, 0.25) is 0 Å². The van der Waals surface area contributed by atoms with E-state index in [1.807, 2.05) is 32.0 Å². The van der Waals surface area contributed by atoms with E-state index in [1.165, 1.54) is 17.7 Å². The lowest BCUT2D eigenvalue weighted by Gasteiger charge is -2.25. The zero-order valence-corrected chi connectivity index (χ0v) is 27.5. The molecule has 9 heteroatoms. The molecule has 3 aromatic rings. The van der Waals surface area contributed by atoms with Gasteiger partial charge in [-0.3, -0.25) is 9.59 Å². The fraction of sp³-hybridized carbons (Fsp3) is 0.459. The SMILES string of the molecule is CCCN(CCC)C(=O)c1cc(CCCN)cc(C(=O)N[C@@H](CCc2cc(F)cc(F)c2)[C@H](O)CNCc2cccc(CC)c2)c1. The van der Waals surface area contributed by atoms with Crippen LogP contribution >= 0.6 is 0 Å². The summed E-state index contributed by atoms with van der Waals surface area (Å²) in [4.78, 5) is 29.1. The number of rotatable bonds is 19. The number of nitrogens with one attached hydrogen (secondary N) is 2. The summed E-state index contributed by atoms with van der Waals surface area (Å²) >= 11 is 0. The van der Waals surface area contributed by atoms with Gasteiger partial charge >= 0.3 is 0 Å². The van der Waals surface area contributed by atoms with Gasteiger partial charge < -0.3 is 26.4 Å². The standard InChI is InChI=1S/C37H50F2N4O3/c1-4-15-43(16-5-2)37(46)31-19-27(11-8-14-40)18-30(22-31)36(45)42-34(13-12-28-20-32(38)23-33(39)21-28)35(44)25-41-24-29-10-7-9-26(6-3)17-29/h7,9-10,17-23,34-35,41,44H,4-6,8,11-16,24-25,40H2,1-3H3,(H,42,45)/t34-,35+/m0/s1. The fourth-order valence-corrected chi connectivity index (χ4v) is 5.59. The molecule has 0 aliphatic rings. The van der Waals surface area contributed by atoms with Crippen LogP contribution in [0.4, 0.5) is 8.78 Å². The Labute approximate surface area is 272 Å². The molecule has 0 aliphatic carbocycles. The highest BCUT2D eigenvalue weighted by molar-refractivity contribution is 6.00. The van der Waals surface area contributed by atoms with Crippen LogP contribution in [-0.4, -0.2) is 60.1 Å². The molecular formula is C37H50F2N4O3. The van der Waals surface area contributed by atoms with Crippen molar-refractivity contribution in [3.05, 3.63) is 106 Å². The number of hydrogen-bond acceptors (Lipinski definition) is 5. The van der Waals surface area contributed by atoms with Crippen molar-refractivity contribution in [2.24, 2.45) is 5.73 Å². The van der Waals surface area contributed by atoms with Crippen LogP contribution < -0.4 is 16.4 Å². The van der Waals surface area contributed by atoms with Gasteiger partial charge in [0, 0.05) is 43.4 Å². The summed E-state index contributed by atoms with van der Waals surface area (Å²) in [5.41, 5.74) is 10.1. The third-order valence-electron chi connectivity index (χ3n) is 7.98. The molecule has 250 valence electrons. The van der Waals surface area contributed by atoms with Crippen LogP contribution in [0, 0.1) is 11.6 Å². The van der Waals surface area contributed by atoms with Gasteiger partial charge in [0.25, 0.3) is 11.8 Å². The van der Waals surface area contributed by atoms with Gasteiger partial charge in [-0.25, -0.2) is 8.78 Å². The summed E-state index contributed by atoms with van der Waals surface area (Å²) in [6.07, 6.45) is 3.34. The van der Waals surface area contributed by atoms with E-state index in [9.17, 15) is 23.5 Å². The Morgan fingerprint density at radius 1 is 0.848 bits per heavy atom. The smallest absolute Gasteiger partial charge is 0.253 e. The van der Waals surface area contributed by atoms with E-state index in [4.69, 9.17) is 5.73 Å². The van der Waals surface area contributed by atoms with Crippen molar-refractivity contribution in [1.29, 1.82) is 0 Å². The first-order valence-corrected chi connectivity index (χ1v) is 16.5. The number of halogens is 2. The van der Waals surface area contributed by atoms with Crippen LogP contribution in [0.5, 0.6) is 0 Å². The van der Waals surface area contributed by atoms with E-state index in [2.05, 4.69) is 29.7 Å². The number of aryl methyl sites for hydroxylation is 3. The van der Waals surface area contributed by atoms with Crippen molar-refractivity contribution in [2.75, 3.05) is 26.2 Å². The average molecular weight is 637 g/mol. The highest BCUT2D eigenvalue weighted by Gasteiger charge is 2.24. The molecule has 0 unspecified atom stereocenters. The molecule has 0 bridgehead atoms. The minimum atomic E-state index is -0.997. The Hall–Kier alpha value is -3.66. The summed E-state index contributed by atoms with van der Waals surface area (Å²) in [5.74, 6) is -1.93. The summed E-state index contributed by atoms with van der Waals surface area (Å²) in [7, 11) is 0. The van der Waals surface area contributed by atoms with Crippen molar-refractivity contribution < 1.29 is 23.5 Å². The highest BCUT2D eigenvalue weighted by Crippen LogP contribution is 2.18. The number of aliphatic hydroxyl groups is 1. The van der Waals surface area contributed by atoms with Crippen molar-refractivity contribution in [3.63, 3.8) is 0 Å². The van der Waals surface area contributed by atoms with Crippen LogP contribution in [0.1, 0.15) is 89.4 Å².